The Kier molecular flexibility index (Phi) is 4.93. The molecule has 1 aliphatic rings. The number of nitrogens with two attached hydrogens (primary N) is 1. The summed E-state index contributed by atoms with van der Waals surface area (Å²) in [7, 11) is 0. The third kappa shape index (κ3) is 3.78. The van der Waals surface area contributed by atoms with Crippen molar-refractivity contribution in [3.05, 3.63) is 35.4 Å². The Morgan fingerprint density at radius 3 is 2.84 bits per heavy atom. The Bertz CT molecular complexity index is 417. The van der Waals surface area contributed by atoms with Crippen LogP contribution in [0.3, 0.4) is 0 Å². The summed E-state index contributed by atoms with van der Waals surface area (Å²) in [5.41, 5.74) is 7.76. The van der Waals surface area contributed by atoms with Gasteiger partial charge in [0.2, 0.25) is 5.91 Å². The van der Waals surface area contributed by atoms with Gasteiger partial charge in [-0.2, -0.15) is 0 Å². The monoisotopic (exact) mass is 262 g/mol. The quantitative estimate of drug-likeness (QED) is 0.867. The Balaban J connectivity index is 2.07. The summed E-state index contributed by atoms with van der Waals surface area (Å²) in [6.07, 6.45) is 2.26. The van der Waals surface area contributed by atoms with Gasteiger partial charge in [0.1, 0.15) is 6.10 Å². The van der Waals surface area contributed by atoms with Crippen molar-refractivity contribution in [2.75, 3.05) is 13.2 Å². The summed E-state index contributed by atoms with van der Waals surface area (Å²) in [5, 5.41) is 3.04. The van der Waals surface area contributed by atoms with E-state index in [4.69, 9.17) is 10.5 Å². The first-order valence-electron chi connectivity index (χ1n) is 6.88. The first-order chi connectivity index (χ1) is 9.20. The number of amides is 1. The maximum Gasteiger partial charge on any atom is 0.221 e. The van der Waals surface area contributed by atoms with E-state index in [-0.39, 0.29) is 18.1 Å². The van der Waals surface area contributed by atoms with Gasteiger partial charge < -0.3 is 15.8 Å². The van der Waals surface area contributed by atoms with Gasteiger partial charge in [-0.15, -0.1) is 0 Å². The highest BCUT2D eigenvalue weighted by molar-refractivity contribution is 5.76. The maximum absolute atomic E-state index is 11.7. The molecule has 1 aromatic carbocycles. The van der Waals surface area contributed by atoms with Crippen molar-refractivity contribution in [1.29, 1.82) is 0 Å². The molecule has 0 aliphatic carbocycles. The molecule has 0 radical (unpaired) electrons. The van der Waals surface area contributed by atoms with Gasteiger partial charge in [0.05, 0.1) is 6.04 Å². The standard InChI is InChI=1S/C15H22N2O2/c1-11-4-6-12(7-5-11)15-13(3-2-10-19-15)17-14(18)8-9-16/h4-7,13,15H,2-3,8-10,16H2,1H3,(H,17,18). The average molecular weight is 262 g/mol. The van der Waals surface area contributed by atoms with Crippen molar-refractivity contribution in [2.45, 2.75) is 38.3 Å². The fourth-order valence-corrected chi connectivity index (χ4v) is 2.42. The van der Waals surface area contributed by atoms with Crippen LogP contribution in [-0.2, 0) is 9.53 Å². The molecular weight excluding hydrogens is 240 g/mol. The number of ether oxygens (including phenoxy) is 1. The molecule has 3 N–H and O–H groups in total. The molecule has 19 heavy (non-hydrogen) atoms. The molecule has 4 nitrogen and oxygen atoms in total. The Morgan fingerprint density at radius 1 is 1.42 bits per heavy atom. The predicted molar refractivity (Wildman–Crippen MR) is 74.7 cm³/mol. The minimum atomic E-state index is -0.0453. The lowest BCUT2D eigenvalue weighted by atomic mass is 9.95. The molecule has 0 spiro atoms. The third-order valence-corrected chi connectivity index (χ3v) is 3.45. The lowest BCUT2D eigenvalue weighted by Crippen LogP contribution is -2.43. The van der Waals surface area contributed by atoms with E-state index in [1.54, 1.807) is 0 Å². The SMILES string of the molecule is Cc1ccc(C2OCCCC2NC(=O)CCN)cc1. The second-order valence-electron chi connectivity index (χ2n) is 5.06. The molecule has 0 bridgehead atoms. The van der Waals surface area contributed by atoms with Crippen molar-refractivity contribution < 1.29 is 9.53 Å². The zero-order valence-electron chi connectivity index (χ0n) is 11.4. The van der Waals surface area contributed by atoms with E-state index >= 15 is 0 Å². The predicted octanol–water partition coefficient (Wildman–Crippen LogP) is 1.68. The molecule has 104 valence electrons. The molecule has 2 unspecified atom stereocenters. The molecule has 1 saturated heterocycles. The van der Waals surface area contributed by atoms with Crippen LogP contribution < -0.4 is 11.1 Å². The van der Waals surface area contributed by atoms with Crippen LogP contribution in [0.5, 0.6) is 0 Å². The van der Waals surface area contributed by atoms with Gasteiger partial charge in [0, 0.05) is 19.6 Å². The van der Waals surface area contributed by atoms with Crippen molar-refractivity contribution in [3.8, 4) is 0 Å². The molecule has 1 heterocycles. The first-order valence-corrected chi connectivity index (χ1v) is 6.88. The summed E-state index contributed by atoms with van der Waals surface area (Å²) in [6, 6.07) is 8.36. The van der Waals surface area contributed by atoms with Gasteiger partial charge in [0.25, 0.3) is 0 Å². The molecule has 1 aliphatic heterocycles. The lowest BCUT2D eigenvalue weighted by Gasteiger charge is -2.32. The number of rotatable bonds is 4. The van der Waals surface area contributed by atoms with Crippen LogP contribution in [0.25, 0.3) is 0 Å². The van der Waals surface area contributed by atoms with E-state index in [0.717, 1.165) is 25.0 Å². The molecule has 4 heteroatoms. The fourth-order valence-electron chi connectivity index (χ4n) is 2.42. The number of nitrogens with one attached hydrogen (secondary N) is 1. The Labute approximate surface area is 114 Å². The summed E-state index contributed by atoms with van der Waals surface area (Å²) < 4.78 is 5.85. The van der Waals surface area contributed by atoms with Crippen LogP contribution in [-0.4, -0.2) is 25.1 Å². The van der Waals surface area contributed by atoms with Crippen molar-refractivity contribution in [3.63, 3.8) is 0 Å². The minimum Gasteiger partial charge on any atom is -0.371 e. The number of aryl methyl sites for hydroxylation is 1. The number of carbonyl (C=O) groups is 1. The third-order valence-electron chi connectivity index (χ3n) is 3.45. The minimum absolute atomic E-state index is 0.00936. The largest absolute Gasteiger partial charge is 0.371 e. The van der Waals surface area contributed by atoms with Crippen LogP contribution in [0, 0.1) is 6.92 Å². The van der Waals surface area contributed by atoms with Gasteiger partial charge in [-0.05, 0) is 25.3 Å². The van der Waals surface area contributed by atoms with E-state index in [1.807, 2.05) is 0 Å². The highest BCUT2D eigenvalue weighted by Gasteiger charge is 2.28. The summed E-state index contributed by atoms with van der Waals surface area (Å²) in [6.45, 7) is 3.20. The van der Waals surface area contributed by atoms with Crippen LogP contribution in [0.4, 0.5) is 0 Å². The summed E-state index contributed by atoms with van der Waals surface area (Å²) in [4.78, 5) is 11.7. The van der Waals surface area contributed by atoms with Crippen LogP contribution in [0.2, 0.25) is 0 Å². The summed E-state index contributed by atoms with van der Waals surface area (Å²) >= 11 is 0. The van der Waals surface area contributed by atoms with Crippen LogP contribution in [0.15, 0.2) is 24.3 Å². The van der Waals surface area contributed by atoms with Gasteiger partial charge in [0.15, 0.2) is 0 Å². The van der Waals surface area contributed by atoms with Crippen molar-refractivity contribution in [2.24, 2.45) is 5.73 Å². The number of hydrogen-bond donors (Lipinski definition) is 2. The van der Waals surface area contributed by atoms with E-state index in [0.29, 0.717) is 13.0 Å². The normalized spacial score (nSPS) is 23.1. The van der Waals surface area contributed by atoms with Gasteiger partial charge >= 0.3 is 0 Å². The smallest absolute Gasteiger partial charge is 0.221 e. The molecule has 0 aromatic heterocycles. The highest BCUT2D eigenvalue weighted by Crippen LogP contribution is 2.28. The molecule has 0 saturated carbocycles. The average Bonchev–Trinajstić information content (AvgIpc) is 2.41. The molecule has 1 fully saturated rings. The van der Waals surface area contributed by atoms with E-state index in [1.165, 1.54) is 5.56 Å². The number of benzene rings is 1. The molecule has 1 aromatic rings. The molecule has 2 atom stereocenters. The number of carbonyl (C=O) groups excluding carboxylic acids is 1. The Hall–Kier alpha value is -1.39. The van der Waals surface area contributed by atoms with Crippen molar-refractivity contribution in [1.82, 2.24) is 5.32 Å². The first kappa shape index (κ1) is 14.0. The second-order valence-corrected chi connectivity index (χ2v) is 5.06. The van der Waals surface area contributed by atoms with E-state index in [2.05, 4.69) is 36.5 Å². The fraction of sp³-hybridized carbons (Fsp3) is 0.533. The second kappa shape index (κ2) is 6.68. The highest BCUT2D eigenvalue weighted by atomic mass is 16.5. The van der Waals surface area contributed by atoms with E-state index in [9.17, 15) is 4.79 Å². The lowest BCUT2D eigenvalue weighted by molar-refractivity contribution is -0.124. The maximum atomic E-state index is 11.7. The van der Waals surface area contributed by atoms with Crippen LogP contribution in [0.1, 0.15) is 36.5 Å². The topological polar surface area (TPSA) is 64.3 Å². The van der Waals surface area contributed by atoms with Crippen molar-refractivity contribution >= 4 is 5.91 Å². The summed E-state index contributed by atoms with van der Waals surface area (Å²) in [5.74, 6) is 0.00936. The zero-order chi connectivity index (χ0) is 13.7. The molecular formula is C15H22N2O2. The zero-order valence-corrected chi connectivity index (χ0v) is 11.4. The van der Waals surface area contributed by atoms with E-state index < -0.39 is 0 Å². The van der Waals surface area contributed by atoms with Crippen LogP contribution >= 0.6 is 0 Å². The Morgan fingerprint density at radius 2 is 2.16 bits per heavy atom. The van der Waals surface area contributed by atoms with Gasteiger partial charge in [-0.1, -0.05) is 29.8 Å². The molecule has 1 amide bonds. The molecule has 2 rings (SSSR count). The number of hydrogen-bond acceptors (Lipinski definition) is 3. The van der Waals surface area contributed by atoms with Gasteiger partial charge in [-0.3, -0.25) is 4.79 Å². The van der Waals surface area contributed by atoms with Gasteiger partial charge in [-0.25, -0.2) is 0 Å².